The van der Waals surface area contributed by atoms with Gasteiger partial charge in [-0.05, 0) is 68.2 Å². The number of aromatic nitrogens is 2. The van der Waals surface area contributed by atoms with Crippen molar-refractivity contribution in [2.24, 2.45) is 0 Å². The molecule has 0 saturated carbocycles. The molecule has 1 aliphatic heterocycles. The number of carboxylic acids is 1. The zero-order chi connectivity index (χ0) is 34.0. The number of para-hydroxylation sites is 1. The first-order chi connectivity index (χ1) is 22.3. The minimum atomic E-state index is -1.20. The number of hydrogen-bond acceptors (Lipinski definition) is 8. The lowest BCUT2D eigenvalue weighted by molar-refractivity contribution is 0.00494. The lowest BCUT2D eigenvalue weighted by atomic mass is 9.88. The molecule has 2 aromatic carbocycles. The molecule has 3 aromatic rings. The van der Waals surface area contributed by atoms with Gasteiger partial charge in [-0.3, -0.25) is 4.90 Å². The standard InChI is InChI=1S/C35H55N3O7Si2/c1-41-18-17-38-31-23-28(35(39)40)11-12-30(31)36-33(38)24-37-15-13-27(14-16-37)29-9-8-10-32(44-25-42-19-21-46(2,3)4)34(29)45-26-43-20-22-47(5,6)7/h8-12,23,27H,13-22,24-26H2,1-7H3,(H,39,40). The number of hydrogen-bond donors (Lipinski definition) is 1. The van der Waals surface area contributed by atoms with Crippen molar-refractivity contribution >= 4 is 33.2 Å². The molecule has 12 heteroatoms. The van der Waals surface area contributed by atoms with Crippen LogP contribution in [0.5, 0.6) is 11.5 Å². The molecule has 2 heterocycles. The van der Waals surface area contributed by atoms with Crippen molar-refractivity contribution in [3.05, 3.63) is 53.3 Å². The molecule has 0 aliphatic carbocycles. The number of piperidine rings is 1. The van der Waals surface area contributed by atoms with E-state index in [1.165, 1.54) is 0 Å². The topological polar surface area (TPSA) is 105 Å². The lowest BCUT2D eigenvalue weighted by Gasteiger charge is -2.33. The van der Waals surface area contributed by atoms with Crippen molar-refractivity contribution in [1.82, 2.24) is 14.5 Å². The number of rotatable bonds is 19. The Labute approximate surface area is 282 Å². The van der Waals surface area contributed by atoms with E-state index in [2.05, 4.69) is 54.8 Å². The molecule has 0 spiro atoms. The SMILES string of the molecule is COCCn1c(CN2CCC(c3cccc(OCOCC[Si](C)(C)C)c3OCOCC[Si](C)(C)C)CC2)nc2ccc(C(=O)O)cc21. The first-order valence-corrected chi connectivity index (χ1v) is 24.2. The van der Waals surface area contributed by atoms with Gasteiger partial charge in [-0.15, -0.1) is 0 Å². The van der Waals surface area contributed by atoms with E-state index in [1.807, 2.05) is 12.1 Å². The van der Waals surface area contributed by atoms with E-state index in [0.717, 1.165) is 66.2 Å². The van der Waals surface area contributed by atoms with E-state index >= 15 is 0 Å². The van der Waals surface area contributed by atoms with Gasteiger partial charge < -0.3 is 33.4 Å². The molecule has 1 aliphatic rings. The van der Waals surface area contributed by atoms with Crippen molar-refractivity contribution in [3.8, 4) is 11.5 Å². The van der Waals surface area contributed by atoms with Crippen LogP contribution in [0.15, 0.2) is 36.4 Å². The average molecular weight is 686 g/mol. The highest BCUT2D eigenvalue weighted by Gasteiger charge is 2.27. The van der Waals surface area contributed by atoms with Gasteiger partial charge in [0.05, 0.1) is 29.7 Å². The molecule has 1 saturated heterocycles. The Balaban J connectivity index is 1.44. The third-order valence-electron chi connectivity index (χ3n) is 8.57. The Morgan fingerprint density at radius 3 is 2.19 bits per heavy atom. The largest absolute Gasteiger partial charge is 0.478 e. The minimum Gasteiger partial charge on any atom is -0.478 e. The summed E-state index contributed by atoms with van der Waals surface area (Å²) in [4.78, 5) is 19.0. The molecule has 1 N–H and O–H groups in total. The summed E-state index contributed by atoms with van der Waals surface area (Å²) in [5.74, 6) is 1.73. The molecule has 0 bridgehead atoms. The fourth-order valence-electron chi connectivity index (χ4n) is 5.66. The molecule has 0 atom stereocenters. The van der Waals surface area contributed by atoms with Gasteiger partial charge in [-0.25, -0.2) is 9.78 Å². The van der Waals surface area contributed by atoms with E-state index in [1.54, 1.807) is 25.3 Å². The lowest BCUT2D eigenvalue weighted by Crippen LogP contribution is -2.33. The maximum Gasteiger partial charge on any atom is 0.335 e. The number of methoxy groups -OCH3 is 1. The Morgan fingerprint density at radius 1 is 0.915 bits per heavy atom. The molecule has 1 aromatic heterocycles. The Kier molecular flexibility index (Phi) is 13.5. The second-order valence-electron chi connectivity index (χ2n) is 14.9. The van der Waals surface area contributed by atoms with Gasteiger partial charge in [0, 0.05) is 48.6 Å². The summed E-state index contributed by atoms with van der Waals surface area (Å²) in [5.41, 5.74) is 3.02. The second-order valence-corrected chi connectivity index (χ2v) is 26.1. The molecular weight excluding hydrogens is 631 g/mol. The molecular formula is C35H55N3O7Si2. The van der Waals surface area contributed by atoms with Crippen LogP contribution in [0, 0.1) is 0 Å². The van der Waals surface area contributed by atoms with E-state index < -0.39 is 22.1 Å². The summed E-state index contributed by atoms with van der Waals surface area (Å²) in [7, 11) is -0.703. The number of fused-ring (bicyclic) bond motifs is 1. The van der Waals surface area contributed by atoms with E-state index in [0.29, 0.717) is 44.6 Å². The summed E-state index contributed by atoms with van der Waals surface area (Å²) < 4.78 is 31.7. The van der Waals surface area contributed by atoms with Crippen LogP contribution in [0.4, 0.5) is 0 Å². The second kappa shape index (κ2) is 17.1. The van der Waals surface area contributed by atoms with Crippen LogP contribution < -0.4 is 9.47 Å². The number of imidazole rings is 1. The fourth-order valence-corrected chi connectivity index (χ4v) is 7.18. The highest BCUT2D eigenvalue weighted by atomic mass is 28.3. The molecule has 0 amide bonds. The Morgan fingerprint density at radius 2 is 1.57 bits per heavy atom. The van der Waals surface area contributed by atoms with Crippen LogP contribution in [0.25, 0.3) is 11.0 Å². The maximum atomic E-state index is 11.6. The minimum absolute atomic E-state index is 0.189. The summed E-state index contributed by atoms with van der Waals surface area (Å²) in [6.45, 7) is 19.4. The third kappa shape index (κ3) is 11.4. The first-order valence-electron chi connectivity index (χ1n) is 16.8. The summed E-state index contributed by atoms with van der Waals surface area (Å²) in [5, 5.41) is 9.54. The molecule has 47 heavy (non-hydrogen) atoms. The van der Waals surface area contributed by atoms with Crippen LogP contribution in [0.2, 0.25) is 51.4 Å². The maximum absolute atomic E-state index is 11.6. The van der Waals surface area contributed by atoms with Crippen molar-refractivity contribution in [1.29, 1.82) is 0 Å². The molecule has 10 nitrogen and oxygen atoms in total. The smallest absolute Gasteiger partial charge is 0.335 e. The highest BCUT2D eigenvalue weighted by molar-refractivity contribution is 6.76. The molecule has 1 fully saturated rings. The van der Waals surface area contributed by atoms with Crippen molar-refractivity contribution in [2.45, 2.75) is 83.2 Å². The van der Waals surface area contributed by atoms with Crippen LogP contribution in [-0.2, 0) is 27.3 Å². The summed E-state index contributed by atoms with van der Waals surface area (Å²) in [6.07, 6.45) is 1.93. The Bertz CT molecular complexity index is 1440. The predicted octanol–water partition coefficient (Wildman–Crippen LogP) is 7.14. The number of carboxylic acid groups (broad SMARTS) is 1. The van der Waals surface area contributed by atoms with Gasteiger partial charge in [0.15, 0.2) is 25.1 Å². The van der Waals surface area contributed by atoms with Gasteiger partial charge in [0.1, 0.15) is 5.82 Å². The number of carbonyl (C=O) groups is 1. The normalized spacial score (nSPS) is 15.0. The monoisotopic (exact) mass is 685 g/mol. The van der Waals surface area contributed by atoms with Crippen LogP contribution in [0.1, 0.15) is 40.5 Å². The zero-order valence-electron chi connectivity index (χ0n) is 29.5. The summed E-state index contributed by atoms with van der Waals surface area (Å²) >= 11 is 0. The van der Waals surface area contributed by atoms with Crippen LogP contribution in [-0.4, -0.2) is 95.3 Å². The van der Waals surface area contributed by atoms with Crippen molar-refractivity contribution < 1.29 is 33.6 Å². The van der Waals surface area contributed by atoms with E-state index in [4.69, 9.17) is 28.7 Å². The van der Waals surface area contributed by atoms with Gasteiger partial charge in [-0.2, -0.15) is 0 Å². The first kappa shape index (κ1) is 37.1. The molecule has 0 radical (unpaired) electrons. The van der Waals surface area contributed by atoms with E-state index in [-0.39, 0.29) is 19.1 Å². The van der Waals surface area contributed by atoms with Crippen LogP contribution >= 0.6 is 0 Å². The fraction of sp³-hybridized carbons (Fsp3) is 0.600. The molecule has 0 unspecified atom stereocenters. The molecule has 4 rings (SSSR count). The Hall–Kier alpha value is -2.75. The van der Waals surface area contributed by atoms with Gasteiger partial charge in [0.2, 0.25) is 0 Å². The molecule has 260 valence electrons. The number of nitrogens with zero attached hydrogens (tertiary/aromatic N) is 3. The quantitative estimate of drug-likeness (QED) is 0.0801. The van der Waals surface area contributed by atoms with Crippen molar-refractivity contribution in [2.75, 3.05) is 53.6 Å². The number of likely N-dealkylation sites (tertiary alicyclic amines) is 1. The van der Waals surface area contributed by atoms with Gasteiger partial charge >= 0.3 is 5.97 Å². The van der Waals surface area contributed by atoms with E-state index in [9.17, 15) is 9.90 Å². The van der Waals surface area contributed by atoms with Crippen LogP contribution in [0.3, 0.4) is 0 Å². The van der Waals surface area contributed by atoms with Crippen molar-refractivity contribution in [3.63, 3.8) is 0 Å². The average Bonchev–Trinajstić information content (AvgIpc) is 3.35. The number of ether oxygens (including phenoxy) is 5. The zero-order valence-corrected chi connectivity index (χ0v) is 31.5. The number of benzene rings is 2. The highest BCUT2D eigenvalue weighted by Crippen LogP contribution is 2.40. The summed E-state index contributed by atoms with van der Waals surface area (Å²) in [6, 6.07) is 13.4. The van der Waals surface area contributed by atoms with Gasteiger partial charge in [-0.1, -0.05) is 51.4 Å². The van der Waals surface area contributed by atoms with Gasteiger partial charge in [0.25, 0.3) is 0 Å². The number of aromatic carboxylic acids is 1. The predicted molar refractivity (Wildman–Crippen MR) is 191 cm³/mol. The third-order valence-corrected chi connectivity index (χ3v) is 12.0.